The summed E-state index contributed by atoms with van der Waals surface area (Å²) in [6.07, 6.45) is 0.413. The molecule has 0 aliphatic carbocycles. The maximum absolute atomic E-state index is 13.5. The zero-order valence-corrected chi connectivity index (χ0v) is 17.5. The maximum atomic E-state index is 13.5. The van der Waals surface area contributed by atoms with Gasteiger partial charge in [0.1, 0.15) is 0 Å². The molecule has 4 aliphatic rings. The van der Waals surface area contributed by atoms with Crippen LogP contribution in [0.25, 0.3) is 0 Å². The van der Waals surface area contributed by atoms with Crippen LogP contribution in [0.4, 0.5) is 0 Å². The van der Waals surface area contributed by atoms with Gasteiger partial charge in [0.2, 0.25) is 0 Å². The third kappa shape index (κ3) is 4.67. The Hall–Kier alpha value is -2.00. The lowest BCUT2D eigenvalue weighted by atomic mass is 9.95. The summed E-state index contributed by atoms with van der Waals surface area (Å²) >= 11 is 0. The number of benzene rings is 1. The predicted molar refractivity (Wildman–Crippen MR) is 107 cm³/mol. The molecule has 4 saturated heterocycles. The Morgan fingerprint density at radius 1 is 0.767 bits per heavy atom. The number of hydrogen-bond donors (Lipinski definition) is 0. The number of carbonyl (C=O) groups is 2. The zero-order valence-electron chi connectivity index (χ0n) is 17.5. The molecular formula is C22H28N2O6. The topological polar surface area (TPSA) is 90.7 Å². The Kier molecular flexibility index (Phi) is 5.26. The van der Waals surface area contributed by atoms with E-state index in [1.807, 2.05) is 30.9 Å². The van der Waals surface area contributed by atoms with Gasteiger partial charge in [-0.1, -0.05) is 6.07 Å². The lowest BCUT2D eigenvalue weighted by Crippen LogP contribution is -2.39. The van der Waals surface area contributed by atoms with Gasteiger partial charge in [-0.3, -0.25) is 9.59 Å². The first kappa shape index (κ1) is 19.9. The molecule has 4 fully saturated rings. The summed E-state index contributed by atoms with van der Waals surface area (Å²) in [5, 5.41) is 0. The molecule has 1 aromatic rings. The van der Waals surface area contributed by atoms with Gasteiger partial charge in [0.15, 0.2) is 0 Å². The molecule has 5 rings (SSSR count). The lowest BCUT2D eigenvalue weighted by Gasteiger charge is -2.26. The Morgan fingerprint density at radius 3 is 1.57 bits per heavy atom. The molecular weight excluding hydrogens is 388 g/mol. The van der Waals surface area contributed by atoms with Crippen molar-refractivity contribution >= 4 is 11.8 Å². The molecule has 0 radical (unpaired) electrons. The van der Waals surface area contributed by atoms with Gasteiger partial charge in [-0.2, -0.15) is 0 Å². The number of carbonyl (C=O) groups excluding carboxylic acids is 2. The molecule has 162 valence electrons. The molecule has 1 aromatic carbocycles. The van der Waals surface area contributed by atoms with Crippen LogP contribution in [0.3, 0.4) is 0 Å². The fourth-order valence-corrected chi connectivity index (χ4v) is 3.89. The summed E-state index contributed by atoms with van der Waals surface area (Å²) < 4.78 is 21.4. The van der Waals surface area contributed by atoms with Crippen molar-refractivity contribution in [1.82, 2.24) is 9.80 Å². The summed E-state index contributed by atoms with van der Waals surface area (Å²) in [5.41, 5.74) is 2.76. The quantitative estimate of drug-likeness (QED) is 0.524. The minimum Gasteiger partial charge on any atom is -0.371 e. The van der Waals surface area contributed by atoms with E-state index in [1.165, 1.54) is 0 Å². The van der Waals surface area contributed by atoms with Gasteiger partial charge in [-0.05, 0) is 31.0 Å². The van der Waals surface area contributed by atoms with E-state index in [0.29, 0.717) is 63.7 Å². The molecule has 4 heterocycles. The Morgan fingerprint density at radius 2 is 1.17 bits per heavy atom. The maximum Gasteiger partial charge on any atom is 0.254 e. The van der Waals surface area contributed by atoms with Crippen LogP contribution in [0.2, 0.25) is 0 Å². The molecule has 4 atom stereocenters. The van der Waals surface area contributed by atoms with Crippen molar-refractivity contribution in [2.24, 2.45) is 0 Å². The van der Waals surface area contributed by atoms with E-state index in [9.17, 15) is 9.59 Å². The molecule has 8 nitrogen and oxygen atoms in total. The van der Waals surface area contributed by atoms with Gasteiger partial charge in [0.05, 0.1) is 50.8 Å². The SMILES string of the molecule is Cc1ccc(C(=O)N(CC2CO2)CC2CO2)c(C)c1C(=O)N(CC1CO1)CC1CO1. The van der Waals surface area contributed by atoms with E-state index >= 15 is 0 Å². The Labute approximate surface area is 176 Å². The summed E-state index contributed by atoms with van der Waals surface area (Å²) in [6, 6.07) is 3.70. The van der Waals surface area contributed by atoms with Crippen molar-refractivity contribution in [3.05, 3.63) is 34.4 Å². The van der Waals surface area contributed by atoms with Crippen LogP contribution < -0.4 is 0 Å². The van der Waals surface area contributed by atoms with Crippen LogP contribution in [0.1, 0.15) is 31.8 Å². The summed E-state index contributed by atoms with van der Waals surface area (Å²) in [6.45, 7) is 8.76. The molecule has 0 aromatic heterocycles. The first-order valence-corrected chi connectivity index (χ1v) is 10.6. The predicted octanol–water partition coefficient (Wildman–Crippen LogP) is 0.783. The number of rotatable bonds is 10. The normalized spacial score (nSPS) is 28.1. The van der Waals surface area contributed by atoms with Crippen molar-refractivity contribution in [2.75, 3.05) is 52.6 Å². The number of aryl methyl sites for hydroxylation is 1. The number of amides is 2. The van der Waals surface area contributed by atoms with E-state index in [2.05, 4.69) is 0 Å². The molecule has 2 amide bonds. The fourth-order valence-electron chi connectivity index (χ4n) is 3.89. The van der Waals surface area contributed by atoms with Crippen LogP contribution in [-0.4, -0.2) is 98.6 Å². The average Bonchev–Trinajstić information content (AvgIpc) is 3.53. The number of ether oxygens (including phenoxy) is 4. The molecule has 0 saturated carbocycles. The highest BCUT2D eigenvalue weighted by Crippen LogP contribution is 2.26. The average molecular weight is 416 g/mol. The van der Waals surface area contributed by atoms with Crippen LogP contribution in [-0.2, 0) is 18.9 Å². The van der Waals surface area contributed by atoms with Gasteiger partial charge in [0, 0.05) is 37.3 Å². The molecule has 8 heteroatoms. The number of epoxide rings is 4. The van der Waals surface area contributed by atoms with E-state index in [-0.39, 0.29) is 36.2 Å². The summed E-state index contributed by atoms with van der Waals surface area (Å²) in [7, 11) is 0. The highest BCUT2D eigenvalue weighted by atomic mass is 16.6. The van der Waals surface area contributed by atoms with Gasteiger partial charge < -0.3 is 28.7 Å². The second-order valence-electron chi connectivity index (χ2n) is 8.67. The monoisotopic (exact) mass is 416 g/mol. The first-order valence-electron chi connectivity index (χ1n) is 10.6. The number of nitrogens with zero attached hydrogens (tertiary/aromatic N) is 2. The zero-order chi connectivity index (χ0) is 20.8. The minimum absolute atomic E-state index is 0.0618. The van der Waals surface area contributed by atoms with Crippen LogP contribution >= 0.6 is 0 Å². The van der Waals surface area contributed by atoms with Gasteiger partial charge >= 0.3 is 0 Å². The van der Waals surface area contributed by atoms with E-state index < -0.39 is 0 Å². The van der Waals surface area contributed by atoms with Crippen LogP contribution in [0.15, 0.2) is 12.1 Å². The third-order valence-corrected chi connectivity index (χ3v) is 6.00. The highest BCUT2D eigenvalue weighted by Gasteiger charge is 2.36. The van der Waals surface area contributed by atoms with Gasteiger partial charge in [-0.15, -0.1) is 0 Å². The van der Waals surface area contributed by atoms with Gasteiger partial charge in [0.25, 0.3) is 11.8 Å². The second kappa shape index (κ2) is 7.92. The molecule has 0 N–H and O–H groups in total. The molecule has 0 spiro atoms. The van der Waals surface area contributed by atoms with E-state index in [0.717, 1.165) is 11.1 Å². The van der Waals surface area contributed by atoms with Crippen LogP contribution in [0, 0.1) is 13.8 Å². The Balaban J connectivity index is 1.39. The van der Waals surface area contributed by atoms with Gasteiger partial charge in [-0.25, -0.2) is 0 Å². The summed E-state index contributed by atoms with van der Waals surface area (Å²) in [5.74, 6) is -0.136. The largest absolute Gasteiger partial charge is 0.371 e. The molecule has 0 bridgehead atoms. The van der Waals surface area contributed by atoms with Crippen molar-refractivity contribution in [3.63, 3.8) is 0 Å². The molecule has 4 unspecified atom stereocenters. The summed E-state index contributed by atoms with van der Waals surface area (Å²) in [4.78, 5) is 30.5. The lowest BCUT2D eigenvalue weighted by molar-refractivity contribution is 0.0724. The van der Waals surface area contributed by atoms with Crippen molar-refractivity contribution in [3.8, 4) is 0 Å². The Bertz CT molecular complexity index is 814. The number of hydrogen-bond acceptors (Lipinski definition) is 6. The second-order valence-corrected chi connectivity index (χ2v) is 8.67. The third-order valence-electron chi connectivity index (χ3n) is 6.00. The smallest absolute Gasteiger partial charge is 0.254 e. The molecule has 4 aliphatic heterocycles. The van der Waals surface area contributed by atoms with Crippen molar-refractivity contribution in [1.29, 1.82) is 0 Å². The standard InChI is InChI=1S/C22H28N2O6/c1-13-3-4-19(21(25)23(5-15-9-27-15)6-16-10-28-16)14(2)20(13)22(26)24(7-17-11-29-17)8-18-12-30-18/h3-4,15-18H,5-12H2,1-2H3. The van der Waals surface area contributed by atoms with E-state index in [1.54, 1.807) is 4.90 Å². The molecule has 30 heavy (non-hydrogen) atoms. The van der Waals surface area contributed by atoms with E-state index in [4.69, 9.17) is 18.9 Å². The minimum atomic E-state index is -0.0739. The van der Waals surface area contributed by atoms with Crippen molar-refractivity contribution < 1.29 is 28.5 Å². The highest BCUT2D eigenvalue weighted by molar-refractivity contribution is 6.03. The van der Waals surface area contributed by atoms with Crippen LogP contribution in [0.5, 0.6) is 0 Å². The van der Waals surface area contributed by atoms with Crippen molar-refractivity contribution in [2.45, 2.75) is 38.3 Å². The first-order chi connectivity index (χ1) is 14.5. The fraction of sp³-hybridized carbons (Fsp3) is 0.636.